The number of ether oxygens (including phenoxy) is 1. The summed E-state index contributed by atoms with van der Waals surface area (Å²) in [5, 5.41) is 0. The van der Waals surface area contributed by atoms with Crippen molar-refractivity contribution in [3.8, 4) is 0 Å². The molecule has 1 atom stereocenters. The predicted molar refractivity (Wildman–Crippen MR) is 69.0 cm³/mol. The van der Waals surface area contributed by atoms with Crippen LogP contribution in [0.15, 0.2) is 0 Å². The molecule has 2 heterocycles. The average molecular weight is 238 g/mol. The Morgan fingerprint density at radius 3 is 2.59 bits per heavy atom. The third kappa shape index (κ3) is 2.25. The molecule has 98 valence electrons. The Bertz CT molecular complexity index is 280. The third-order valence-electron chi connectivity index (χ3n) is 5.10. The number of likely N-dealkylation sites (tertiary alicyclic amines) is 1. The van der Waals surface area contributed by atoms with E-state index < -0.39 is 0 Å². The molecule has 0 aromatic rings. The van der Waals surface area contributed by atoms with Crippen molar-refractivity contribution in [2.24, 2.45) is 5.73 Å². The van der Waals surface area contributed by atoms with Gasteiger partial charge in [0.05, 0.1) is 11.7 Å². The van der Waals surface area contributed by atoms with E-state index in [4.69, 9.17) is 10.5 Å². The van der Waals surface area contributed by atoms with E-state index in [1.165, 1.54) is 38.5 Å². The highest BCUT2D eigenvalue weighted by atomic mass is 16.5. The lowest BCUT2D eigenvalue weighted by Crippen LogP contribution is -2.67. The first-order valence-corrected chi connectivity index (χ1v) is 7.32. The fourth-order valence-corrected chi connectivity index (χ4v) is 3.90. The number of hydrogen-bond donors (Lipinski definition) is 1. The van der Waals surface area contributed by atoms with Gasteiger partial charge in [0.2, 0.25) is 0 Å². The summed E-state index contributed by atoms with van der Waals surface area (Å²) in [6.07, 6.45) is 9.50. The van der Waals surface area contributed by atoms with Crippen LogP contribution in [0, 0.1) is 0 Å². The zero-order valence-electron chi connectivity index (χ0n) is 11.1. The van der Waals surface area contributed by atoms with Crippen LogP contribution in [-0.2, 0) is 4.74 Å². The first-order chi connectivity index (χ1) is 8.13. The summed E-state index contributed by atoms with van der Waals surface area (Å²) in [5.74, 6) is 0. The molecule has 3 nitrogen and oxygen atoms in total. The number of rotatable bonds is 3. The number of nitrogens with zero attached hydrogens (tertiary/aromatic N) is 1. The first-order valence-electron chi connectivity index (χ1n) is 7.32. The van der Waals surface area contributed by atoms with Crippen molar-refractivity contribution in [3.63, 3.8) is 0 Å². The quantitative estimate of drug-likeness (QED) is 0.816. The molecule has 3 aliphatic rings. The lowest BCUT2D eigenvalue weighted by atomic mass is 9.88. The Hall–Kier alpha value is -0.120. The van der Waals surface area contributed by atoms with Gasteiger partial charge >= 0.3 is 0 Å². The van der Waals surface area contributed by atoms with Crippen molar-refractivity contribution in [1.82, 2.24) is 4.90 Å². The molecule has 3 heteroatoms. The Labute approximate surface area is 105 Å². The van der Waals surface area contributed by atoms with E-state index in [1.807, 2.05) is 0 Å². The highest BCUT2D eigenvalue weighted by molar-refractivity contribution is 5.01. The first kappa shape index (κ1) is 11.9. The van der Waals surface area contributed by atoms with Crippen LogP contribution in [0.3, 0.4) is 0 Å². The average Bonchev–Trinajstić information content (AvgIpc) is 2.88. The SMILES string of the molecule is CCC1(N)CN(CC2CCC3(CCCC3)O2)C1. The lowest BCUT2D eigenvalue weighted by molar-refractivity contribution is -0.0628. The molecule has 1 unspecified atom stereocenters. The molecule has 3 rings (SSSR count). The topological polar surface area (TPSA) is 38.5 Å². The monoisotopic (exact) mass is 238 g/mol. The van der Waals surface area contributed by atoms with Gasteiger partial charge in [0, 0.05) is 25.2 Å². The summed E-state index contributed by atoms with van der Waals surface area (Å²) in [7, 11) is 0. The van der Waals surface area contributed by atoms with Crippen LogP contribution in [0.2, 0.25) is 0 Å². The molecule has 0 bridgehead atoms. The maximum absolute atomic E-state index is 6.34. The van der Waals surface area contributed by atoms with Crippen molar-refractivity contribution in [3.05, 3.63) is 0 Å². The van der Waals surface area contributed by atoms with E-state index >= 15 is 0 Å². The van der Waals surface area contributed by atoms with Gasteiger partial charge in [0.1, 0.15) is 0 Å². The fourth-order valence-electron chi connectivity index (χ4n) is 3.90. The third-order valence-corrected chi connectivity index (χ3v) is 5.10. The van der Waals surface area contributed by atoms with Crippen LogP contribution in [0.4, 0.5) is 0 Å². The van der Waals surface area contributed by atoms with E-state index in [0.717, 1.165) is 26.1 Å². The van der Waals surface area contributed by atoms with Crippen LogP contribution in [-0.4, -0.2) is 41.8 Å². The summed E-state index contributed by atoms with van der Waals surface area (Å²) in [6.45, 7) is 5.43. The van der Waals surface area contributed by atoms with Crippen molar-refractivity contribution in [2.75, 3.05) is 19.6 Å². The van der Waals surface area contributed by atoms with Gasteiger partial charge < -0.3 is 10.5 Å². The molecule has 2 saturated heterocycles. The highest BCUT2D eigenvalue weighted by Crippen LogP contribution is 2.43. The van der Waals surface area contributed by atoms with Crippen molar-refractivity contribution in [1.29, 1.82) is 0 Å². The van der Waals surface area contributed by atoms with Gasteiger partial charge in [-0.05, 0) is 32.1 Å². The van der Waals surface area contributed by atoms with E-state index in [2.05, 4.69) is 11.8 Å². The highest BCUT2D eigenvalue weighted by Gasteiger charge is 2.44. The van der Waals surface area contributed by atoms with Crippen LogP contribution in [0.5, 0.6) is 0 Å². The van der Waals surface area contributed by atoms with Gasteiger partial charge in [0.25, 0.3) is 0 Å². The van der Waals surface area contributed by atoms with E-state index in [9.17, 15) is 0 Å². The Kier molecular flexibility index (Phi) is 2.96. The van der Waals surface area contributed by atoms with Crippen LogP contribution in [0.25, 0.3) is 0 Å². The van der Waals surface area contributed by atoms with Crippen LogP contribution in [0.1, 0.15) is 51.9 Å². The zero-order chi connectivity index (χ0) is 11.9. The molecule has 1 spiro atoms. The van der Waals surface area contributed by atoms with Gasteiger partial charge in [-0.1, -0.05) is 19.8 Å². The van der Waals surface area contributed by atoms with Crippen molar-refractivity contribution in [2.45, 2.75) is 69.1 Å². The molecule has 0 aromatic heterocycles. The van der Waals surface area contributed by atoms with Crippen LogP contribution < -0.4 is 5.73 Å². The Morgan fingerprint density at radius 2 is 1.94 bits per heavy atom. The van der Waals surface area contributed by atoms with Crippen molar-refractivity contribution < 1.29 is 4.74 Å². The Morgan fingerprint density at radius 1 is 1.24 bits per heavy atom. The smallest absolute Gasteiger partial charge is 0.0710 e. The largest absolute Gasteiger partial charge is 0.370 e. The van der Waals surface area contributed by atoms with Gasteiger partial charge in [-0.25, -0.2) is 0 Å². The van der Waals surface area contributed by atoms with E-state index in [1.54, 1.807) is 0 Å². The second-order valence-corrected chi connectivity index (χ2v) is 6.55. The minimum Gasteiger partial charge on any atom is -0.370 e. The molecular weight excluding hydrogens is 212 g/mol. The second kappa shape index (κ2) is 4.22. The summed E-state index contributed by atoms with van der Waals surface area (Å²) in [6, 6.07) is 0. The standard InChI is InChI=1S/C14H26N2O/c1-2-13(15)10-16(11-13)9-12-5-8-14(17-12)6-3-4-7-14/h12H,2-11,15H2,1H3. The molecule has 3 fully saturated rings. The molecule has 0 radical (unpaired) electrons. The maximum atomic E-state index is 6.34. The fraction of sp³-hybridized carbons (Fsp3) is 1.00. The summed E-state index contributed by atoms with van der Waals surface area (Å²) in [4.78, 5) is 2.47. The number of nitrogens with two attached hydrogens (primary N) is 1. The molecule has 0 amide bonds. The minimum atomic E-state index is 0.101. The van der Waals surface area contributed by atoms with Crippen molar-refractivity contribution >= 4 is 0 Å². The molecule has 1 saturated carbocycles. The normalized spacial score (nSPS) is 35.3. The predicted octanol–water partition coefficient (Wildman–Crippen LogP) is 1.90. The Balaban J connectivity index is 1.46. The maximum Gasteiger partial charge on any atom is 0.0710 e. The summed E-state index contributed by atoms with van der Waals surface area (Å²) in [5.41, 5.74) is 6.59. The number of hydrogen-bond acceptors (Lipinski definition) is 3. The zero-order valence-corrected chi connectivity index (χ0v) is 11.1. The van der Waals surface area contributed by atoms with E-state index in [0.29, 0.717) is 11.7 Å². The lowest BCUT2D eigenvalue weighted by Gasteiger charge is -2.48. The van der Waals surface area contributed by atoms with E-state index in [-0.39, 0.29) is 5.54 Å². The molecule has 17 heavy (non-hydrogen) atoms. The minimum absolute atomic E-state index is 0.101. The summed E-state index contributed by atoms with van der Waals surface area (Å²) >= 11 is 0. The van der Waals surface area contributed by atoms with Gasteiger partial charge in [-0.3, -0.25) is 4.90 Å². The second-order valence-electron chi connectivity index (χ2n) is 6.55. The summed E-state index contributed by atoms with van der Waals surface area (Å²) < 4.78 is 6.34. The molecule has 1 aliphatic carbocycles. The molecular formula is C14H26N2O. The molecule has 0 aromatic carbocycles. The van der Waals surface area contributed by atoms with Gasteiger partial charge in [-0.15, -0.1) is 0 Å². The molecule has 2 N–H and O–H groups in total. The molecule has 2 aliphatic heterocycles. The van der Waals surface area contributed by atoms with Crippen LogP contribution >= 0.6 is 0 Å². The van der Waals surface area contributed by atoms with Gasteiger partial charge in [0.15, 0.2) is 0 Å². The van der Waals surface area contributed by atoms with Gasteiger partial charge in [-0.2, -0.15) is 0 Å².